The van der Waals surface area contributed by atoms with Gasteiger partial charge in [-0.1, -0.05) is 11.6 Å². The summed E-state index contributed by atoms with van der Waals surface area (Å²) in [7, 11) is 0. The van der Waals surface area contributed by atoms with E-state index in [1.54, 1.807) is 19.9 Å². The minimum atomic E-state index is -0.654. The predicted octanol–water partition coefficient (Wildman–Crippen LogP) is 2.56. The molecule has 1 aliphatic heterocycles. The van der Waals surface area contributed by atoms with Gasteiger partial charge >= 0.3 is 0 Å². The Kier molecular flexibility index (Phi) is 2.56. The van der Waals surface area contributed by atoms with E-state index in [1.807, 2.05) is 0 Å². The zero-order valence-electron chi connectivity index (χ0n) is 10.2. The molecular weight excluding hydrogens is 271 g/mol. The number of aromatic nitrogens is 3. The highest BCUT2D eigenvalue weighted by Crippen LogP contribution is 2.38. The molecule has 98 valence electrons. The van der Waals surface area contributed by atoms with E-state index < -0.39 is 12.0 Å². The summed E-state index contributed by atoms with van der Waals surface area (Å²) in [5, 5.41) is 6.68. The van der Waals surface area contributed by atoms with Crippen LogP contribution < -0.4 is 5.32 Å². The van der Waals surface area contributed by atoms with Crippen LogP contribution in [0.3, 0.4) is 0 Å². The molecule has 0 radical (unpaired) electrons. The Morgan fingerprint density at radius 1 is 1.47 bits per heavy atom. The fourth-order valence-electron chi connectivity index (χ4n) is 2.17. The number of fused-ring (bicyclic) bond motifs is 3. The second-order valence-corrected chi connectivity index (χ2v) is 4.80. The first kappa shape index (κ1) is 12.1. The van der Waals surface area contributed by atoms with E-state index in [2.05, 4.69) is 15.4 Å². The van der Waals surface area contributed by atoms with Gasteiger partial charge in [0.1, 0.15) is 11.2 Å². The molecule has 2 aromatic rings. The summed E-state index contributed by atoms with van der Waals surface area (Å²) in [6.07, 6.45) is 0. The number of anilines is 1. The van der Waals surface area contributed by atoms with Crippen molar-refractivity contribution in [2.75, 3.05) is 5.32 Å². The van der Waals surface area contributed by atoms with Gasteiger partial charge in [0.15, 0.2) is 0 Å². The van der Waals surface area contributed by atoms with Crippen LogP contribution in [0.4, 0.5) is 10.1 Å². The van der Waals surface area contributed by atoms with Crippen LogP contribution in [0.25, 0.3) is 11.3 Å². The maximum absolute atomic E-state index is 13.4. The van der Waals surface area contributed by atoms with E-state index in [0.29, 0.717) is 22.6 Å². The number of carbonyl (C=O) groups is 1. The van der Waals surface area contributed by atoms with Gasteiger partial charge in [-0.15, -0.1) is 5.10 Å². The highest BCUT2D eigenvalue weighted by atomic mass is 35.5. The molecule has 0 saturated heterocycles. The molecule has 1 atom stereocenters. The number of rotatable bonds is 0. The monoisotopic (exact) mass is 280 g/mol. The van der Waals surface area contributed by atoms with Crippen molar-refractivity contribution in [3.63, 3.8) is 0 Å². The molecule has 0 aromatic carbocycles. The Bertz CT molecular complexity index is 697. The summed E-state index contributed by atoms with van der Waals surface area (Å²) in [5.74, 6) is -0.927. The standard InChI is InChI=1S/C12H10ClFN4O/c1-5-3-7-10(11(13)15-5)8-4-9(14)17-18(8)6(2)12(19)16-7/h3-4,6H,1-2H3,(H,16,19). The number of aryl methyl sites for hydroxylation is 1. The Hall–Kier alpha value is -1.95. The SMILES string of the molecule is Cc1cc2c(c(Cl)n1)-c1cc(F)nn1C(C)C(=O)N2. The number of nitrogens with zero attached hydrogens (tertiary/aromatic N) is 3. The third-order valence-corrected chi connectivity index (χ3v) is 3.34. The molecule has 0 bridgehead atoms. The molecule has 1 aliphatic rings. The summed E-state index contributed by atoms with van der Waals surface area (Å²) < 4.78 is 14.7. The lowest BCUT2D eigenvalue weighted by Crippen LogP contribution is -2.22. The smallest absolute Gasteiger partial charge is 0.248 e. The first-order valence-electron chi connectivity index (χ1n) is 5.71. The largest absolute Gasteiger partial charge is 0.323 e. The van der Waals surface area contributed by atoms with Crippen molar-refractivity contribution >= 4 is 23.2 Å². The average molecular weight is 281 g/mol. The van der Waals surface area contributed by atoms with Gasteiger partial charge in [-0.05, 0) is 19.9 Å². The van der Waals surface area contributed by atoms with Crippen molar-refractivity contribution < 1.29 is 9.18 Å². The lowest BCUT2D eigenvalue weighted by Gasteiger charge is -2.09. The molecule has 1 N–H and O–H groups in total. The molecule has 0 aliphatic carbocycles. The van der Waals surface area contributed by atoms with Crippen molar-refractivity contribution in [3.05, 3.63) is 28.9 Å². The van der Waals surface area contributed by atoms with Gasteiger partial charge in [0.05, 0.1) is 16.9 Å². The van der Waals surface area contributed by atoms with E-state index >= 15 is 0 Å². The fourth-order valence-corrected chi connectivity index (χ4v) is 2.50. The Morgan fingerprint density at radius 2 is 2.21 bits per heavy atom. The Morgan fingerprint density at radius 3 is 2.95 bits per heavy atom. The van der Waals surface area contributed by atoms with Crippen molar-refractivity contribution in [2.24, 2.45) is 0 Å². The summed E-state index contributed by atoms with van der Waals surface area (Å²) in [4.78, 5) is 16.2. The number of hydrogen-bond acceptors (Lipinski definition) is 3. The van der Waals surface area contributed by atoms with Crippen LogP contribution in [0, 0.1) is 12.9 Å². The van der Waals surface area contributed by atoms with Crippen molar-refractivity contribution in [2.45, 2.75) is 19.9 Å². The Balaban J connectivity index is 2.37. The number of amides is 1. The second kappa shape index (κ2) is 4.03. The average Bonchev–Trinajstić information content (AvgIpc) is 2.65. The quantitative estimate of drug-likeness (QED) is 0.755. The molecule has 3 rings (SSSR count). The molecular formula is C12H10ClFN4O. The van der Waals surface area contributed by atoms with Crippen LogP contribution in [0.1, 0.15) is 18.7 Å². The van der Waals surface area contributed by atoms with Gasteiger partial charge in [-0.3, -0.25) is 4.79 Å². The van der Waals surface area contributed by atoms with E-state index in [4.69, 9.17) is 11.6 Å². The van der Waals surface area contributed by atoms with E-state index in [1.165, 1.54) is 10.7 Å². The summed E-state index contributed by atoms with van der Waals surface area (Å²) in [6.45, 7) is 3.41. The highest BCUT2D eigenvalue weighted by molar-refractivity contribution is 6.33. The first-order valence-corrected chi connectivity index (χ1v) is 6.08. The summed E-state index contributed by atoms with van der Waals surface area (Å²) in [5.41, 5.74) is 2.12. The van der Waals surface area contributed by atoms with Gasteiger partial charge in [0.2, 0.25) is 11.9 Å². The molecule has 0 spiro atoms. The van der Waals surface area contributed by atoms with Crippen LogP contribution in [0.15, 0.2) is 12.1 Å². The number of carbonyl (C=O) groups excluding carboxylic acids is 1. The van der Waals surface area contributed by atoms with Crippen LogP contribution in [-0.2, 0) is 4.79 Å². The minimum Gasteiger partial charge on any atom is -0.323 e. The normalized spacial score (nSPS) is 17.5. The molecule has 2 aromatic heterocycles. The van der Waals surface area contributed by atoms with E-state index in [9.17, 15) is 9.18 Å². The van der Waals surface area contributed by atoms with Gasteiger partial charge in [0.25, 0.3) is 0 Å². The number of pyridine rings is 1. The molecule has 1 unspecified atom stereocenters. The molecule has 0 saturated carbocycles. The molecule has 1 amide bonds. The topological polar surface area (TPSA) is 59.8 Å². The van der Waals surface area contributed by atoms with Gasteiger partial charge < -0.3 is 5.32 Å². The van der Waals surface area contributed by atoms with Crippen molar-refractivity contribution in [1.82, 2.24) is 14.8 Å². The molecule has 7 heteroatoms. The number of hydrogen-bond donors (Lipinski definition) is 1. The number of nitrogens with one attached hydrogen (secondary N) is 1. The van der Waals surface area contributed by atoms with Crippen LogP contribution in [-0.4, -0.2) is 20.7 Å². The van der Waals surface area contributed by atoms with Crippen LogP contribution in [0.2, 0.25) is 5.15 Å². The fraction of sp³-hybridized carbons (Fsp3) is 0.250. The zero-order valence-corrected chi connectivity index (χ0v) is 11.0. The third kappa shape index (κ3) is 1.79. The zero-order chi connectivity index (χ0) is 13.7. The summed E-state index contributed by atoms with van der Waals surface area (Å²) >= 11 is 6.13. The first-order chi connectivity index (χ1) is 8.97. The maximum Gasteiger partial charge on any atom is 0.248 e. The molecule has 0 fully saturated rings. The minimum absolute atomic E-state index is 0.213. The van der Waals surface area contributed by atoms with E-state index in [-0.39, 0.29) is 11.1 Å². The van der Waals surface area contributed by atoms with Crippen LogP contribution >= 0.6 is 11.6 Å². The lowest BCUT2D eigenvalue weighted by atomic mass is 10.1. The second-order valence-electron chi connectivity index (χ2n) is 4.44. The van der Waals surface area contributed by atoms with Crippen molar-refractivity contribution in [1.29, 1.82) is 0 Å². The van der Waals surface area contributed by atoms with Gasteiger partial charge in [-0.2, -0.15) is 4.39 Å². The van der Waals surface area contributed by atoms with Crippen molar-refractivity contribution in [3.8, 4) is 11.3 Å². The highest BCUT2D eigenvalue weighted by Gasteiger charge is 2.29. The maximum atomic E-state index is 13.4. The van der Waals surface area contributed by atoms with Gasteiger partial charge in [-0.25, -0.2) is 9.67 Å². The Labute approximate surface area is 113 Å². The number of halogens is 2. The predicted molar refractivity (Wildman–Crippen MR) is 68.5 cm³/mol. The van der Waals surface area contributed by atoms with Crippen LogP contribution in [0.5, 0.6) is 0 Å². The van der Waals surface area contributed by atoms with E-state index in [0.717, 1.165) is 0 Å². The third-order valence-electron chi connectivity index (χ3n) is 3.07. The molecule has 3 heterocycles. The molecule has 5 nitrogen and oxygen atoms in total. The lowest BCUT2D eigenvalue weighted by molar-refractivity contribution is -0.118. The molecule has 19 heavy (non-hydrogen) atoms. The summed E-state index contributed by atoms with van der Waals surface area (Å²) in [6, 6.07) is 2.33. The van der Waals surface area contributed by atoms with Gasteiger partial charge in [0, 0.05) is 11.8 Å².